The number of para-hydroxylation sites is 1. The predicted octanol–water partition coefficient (Wildman–Crippen LogP) is 3.36. The van der Waals surface area contributed by atoms with Gasteiger partial charge in [0.15, 0.2) is 4.77 Å². The van der Waals surface area contributed by atoms with E-state index in [0.29, 0.717) is 23.2 Å². The molecule has 21 heavy (non-hydrogen) atoms. The molecule has 0 aliphatic heterocycles. The SMILES string of the molecule is C=CCc1c(Cc2nc3ccccc3s2)[nH]c(=S)[nH]c1=O. The summed E-state index contributed by atoms with van der Waals surface area (Å²) in [6.45, 7) is 3.70. The molecule has 0 fully saturated rings. The van der Waals surface area contributed by atoms with Crippen molar-refractivity contribution in [2.45, 2.75) is 12.8 Å². The average molecular weight is 315 g/mol. The molecule has 3 aromatic rings. The molecule has 0 aliphatic rings. The molecular weight excluding hydrogens is 302 g/mol. The number of benzene rings is 1. The Morgan fingerprint density at radius 3 is 2.90 bits per heavy atom. The van der Waals surface area contributed by atoms with Crippen molar-refractivity contribution >= 4 is 33.8 Å². The third-order valence-corrected chi connectivity index (χ3v) is 4.38. The molecule has 1 aromatic carbocycles. The van der Waals surface area contributed by atoms with Crippen molar-refractivity contribution < 1.29 is 0 Å². The highest BCUT2D eigenvalue weighted by Gasteiger charge is 2.11. The lowest BCUT2D eigenvalue weighted by atomic mass is 10.1. The number of rotatable bonds is 4. The van der Waals surface area contributed by atoms with E-state index in [9.17, 15) is 4.79 Å². The van der Waals surface area contributed by atoms with Crippen LogP contribution in [0.25, 0.3) is 10.2 Å². The minimum Gasteiger partial charge on any atom is -0.335 e. The number of nitrogens with zero attached hydrogens (tertiary/aromatic N) is 1. The zero-order valence-corrected chi connectivity index (χ0v) is 12.8. The maximum atomic E-state index is 12.0. The molecule has 0 amide bonds. The summed E-state index contributed by atoms with van der Waals surface area (Å²) in [5.74, 6) is 0. The monoisotopic (exact) mass is 315 g/mol. The van der Waals surface area contributed by atoms with Gasteiger partial charge in [-0.15, -0.1) is 17.9 Å². The number of nitrogens with one attached hydrogen (secondary N) is 2. The van der Waals surface area contributed by atoms with Crippen LogP contribution in [0, 0.1) is 4.77 Å². The number of hydrogen-bond donors (Lipinski definition) is 2. The molecule has 0 bridgehead atoms. The molecule has 3 rings (SSSR count). The summed E-state index contributed by atoms with van der Waals surface area (Å²) in [6.07, 6.45) is 2.78. The molecule has 2 heterocycles. The first-order valence-electron chi connectivity index (χ1n) is 6.47. The molecule has 0 unspecified atom stereocenters. The van der Waals surface area contributed by atoms with Crippen molar-refractivity contribution in [1.82, 2.24) is 15.0 Å². The van der Waals surface area contributed by atoms with Crippen LogP contribution in [0.2, 0.25) is 0 Å². The van der Waals surface area contributed by atoms with E-state index >= 15 is 0 Å². The first kappa shape index (κ1) is 13.9. The van der Waals surface area contributed by atoms with Crippen molar-refractivity contribution in [1.29, 1.82) is 0 Å². The largest absolute Gasteiger partial charge is 0.335 e. The average Bonchev–Trinajstić information content (AvgIpc) is 2.84. The first-order chi connectivity index (χ1) is 10.2. The standard InChI is InChI=1S/C15H13N3OS2/c1-2-5-9-11(17-15(20)18-14(9)19)8-13-16-10-6-3-4-7-12(10)21-13/h2-4,6-7H,1,5,8H2,(H2,17,18,19,20). The van der Waals surface area contributed by atoms with Gasteiger partial charge in [-0.3, -0.25) is 9.78 Å². The fourth-order valence-corrected chi connectivity index (χ4v) is 3.41. The van der Waals surface area contributed by atoms with Crippen LogP contribution in [0.5, 0.6) is 0 Å². The van der Waals surface area contributed by atoms with Gasteiger partial charge in [-0.05, 0) is 30.8 Å². The highest BCUT2D eigenvalue weighted by Crippen LogP contribution is 2.23. The van der Waals surface area contributed by atoms with Gasteiger partial charge in [0.1, 0.15) is 0 Å². The Bertz CT molecular complexity index is 887. The van der Waals surface area contributed by atoms with Crippen LogP contribution in [0.15, 0.2) is 41.7 Å². The number of aromatic amines is 2. The van der Waals surface area contributed by atoms with Gasteiger partial charge in [0, 0.05) is 17.7 Å². The van der Waals surface area contributed by atoms with Crippen molar-refractivity contribution in [2.24, 2.45) is 0 Å². The van der Waals surface area contributed by atoms with E-state index < -0.39 is 0 Å². The lowest BCUT2D eigenvalue weighted by Crippen LogP contribution is -2.17. The van der Waals surface area contributed by atoms with Gasteiger partial charge in [0.25, 0.3) is 5.56 Å². The second-order valence-corrected chi connectivity index (χ2v) is 6.13. The first-order valence-corrected chi connectivity index (χ1v) is 7.69. The van der Waals surface area contributed by atoms with Crippen LogP contribution >= 0.6 is 23.6 Å². The van der Waals surface area contributed by atoms with Crippen LogP contribution < -0.4 is 5.56 Å². The maximum absolute atomic E-state index is 12.0. The molecule has 2 aromatic heterocycles. The summed E-state index contributed by atoms with van der Waals surface area (Å²) in [5.41, 5.74) is 2.29. The van der Waals surface area contributed by atoms with Crippen LogP contribution in [0.3, 0.4) is 0 Å². The summed E-state index contributed by atoms with van der Waals surface area (Å²) in [6, 6.07) is 7.99. The van der Waals surface area contributed by atoms with Crippen LogP contribution in [-0.4, -0.2) is 15.0 Å². The highest BCUT2D eigenvalue weighted by molar-refractivity contribution is 7.71. The van der Waals surface area contributed by atoms with Crippen molar-refractivity contribution in [3.63, 3.8) is 0 Å². The fraction of sp³-hybridized carbons (Fsp3) is 0.133. The quantitative estimate of drug-likeness (QED) is 0.573. The number of hydrogen-bond acceptors (Lipinski definition) is 4. The molecule has 0 radical (unpaired) electrons. The minimum absolute atomic E-state index is 0.158. The van der Waals surface area contributed by atoms with Crippen molar-refractivity contribution in [2.75, 3.05) is 0 Å². The van der Waals surface area contributed by atoms with Crippen LogP contribution in [-0.2, 0) is 12.8 Å². The van der Waals surface area contributed by atoms with E-state index in [1.165, 1.54) is 0 Å². The molecular formula is C15H13N3OS2. The van der Waals surface area contributed by atoms with Gasteiger partial charge < -0.3 is 4.98 Å². The Balaban J connectivity index is 2.06. The molecule has 0 saturated heterocycles. The van der Waals surface area contributed by atoms with Crippen LogP contribution in [0.1, 0.15) is 16.3 Å². The molecule has 6 heteroatoms. The third kappa shape index (κ3) is 2.86. The molecule has 0 atom stereocenters. The number of H-pyrrole nitrogens is 2. The Morgan fingerprint density at radius 1 is 1.33 bits per heavy atom. The number of aromatic nitrogens is 3. The lowest BCUT2D eigenvalue weighted by molar-refractivity contribution is 0.928. The third-order valence-electron chi connectivity index (χ3n) is 3.14. The van der Waals surface area contributed by atoms with Gasteiger partial charge in [-0.25, -0.2) is 4.98 Å². The second-order valence-electron chi connectivity index (χ2n) is 4.61. The minimum atomic E-state index is -0.158. The van der Waals surface area contributed by atoms with Gasteiger partial charge in [0.2, 0.25) is 0 Å². The molecule has 0 aliphatic carbocycles. The lowest BCUT2D eigenvalue weighted by Gasteiger charge is -2.05. The van der Waals surface area contributed by atoms with E-state index in [1.54, 1.807) is 17.4 Å². The Kier molecular flexibility index (Phi) is 3.81. The molecule has 2 N–H and O–H groups in total. The summed E-state index contributed by atoms with van der Waals surface area (Å²) >= 11 is 6.68. The van der Waals surface area contributed by atoms with Crippen molar-refractivity contribution in [3.8, 4) is 0 Å². The van der Waals surface area contributed by atoms with Gasteiger partial charge >= 0.3 is 0 Å². The van der Waals surface area contributed by atoms with Gasteiger partial charge in [-0.2, -0.15) is 0 Å². The number of thiazole rings is 1. The van der Waals surface area contributed by atoms with Crippen molar-refractivity contribution in [3.05, 3.63) is 68.3 Å². The summed E-state index contributed by atoms with van der Waals surface area (Å²) < 4.78 is 1.48. The Labute approximate surface area is 130 Å². The van der Waals surface area contributed by atoms with E-state index in [2.05, 4.69) is 21.5 Å². The molecule has 0 saturated carbocycles. The normalized spacial score (nSPS) is 10.9. The number of allylic oxidation sites excluding steroid dienone is 1. The van der Waals surface area contributed by atoms with E-state index in [1.807, 2.05) is 24.3 Å². The summed E-state index contributed by atoms with van der Waals surface area (Å²) in [7, 11) is 0. The van der Waals surface area contributed by atoms with Crippen LogP contribution in [0.4, 0.5) is 0 Å². The molecule has 4 nitrogen and oxygen atoms in total. The summed E-state index contributed by atoms with van der Waals surface area (Å²) in [5, 5.41) is 0.956. The summed E-state index contributed by atoms with van der Waals surface area (Å²) in [4.78, 5) is 22.3. The maximum Gasteiger partial charge on any atom is 0.255 e. The molecule has 0 spiro atoms. The van der Waals surface area contributed by atoms with E-state index in [0.717, 1.165) is 20.9 Å². The van der Waals surface area contributed by atoms with E-state index in [-0.39, 0.29) is 5.56 Å². The number of fused-ring (bicyclic) bond motifs is 1. The fourth-order valence-electron chi connectivity index (χ4n) is 2.22. The Morgan fingerprint density at radius 2 is 2.14 bits per heavy atom. The molecule has 106 valence electrons. The van der Waals surface area contributed by atoms with Gasteiger partial charge in [-0.1, -0.05) is 18.2 Å². The van der Waals surface area contributed by atoms with Gasteiger partial charge in [0.05, 0.1) is 15.2 Å². The highest BCUT2D eigenvalue weighted by atomic mass is 32.1. The second kappa shape index (κ2) is 5.75. The smallest absolute Gasteiger partial charge is 0.255 e. The van der Waals surface area contributed by atoms with E-state index in [4.69, 9.17) is 12.2 Å². The topological polar surface area (TPSA) is 61.5 Å². The Hall–Kier alpha value is -2.05. The predicted molar refractivity (Wildman–Crippen MR) is 88.6 cm³/mol. The zero-order chi connectivity index (χ0) is 14.8. The zero-order valence-electron chi connectivity index (χ0n) is 11.2.